The summed E-state index contributed by atoms with van der Waals surface area (Å²) in [5.74, 6) is -0.0123. The first-order chi connectivity index (χ1) is 10.1. The second-order valence-electron chi connectivity index (χ2n) is 5.13. The standard InChI is InChI=1S/C15H20BrClN2O2.ClH/c16-11-2-3-14(17)13(10-11)15(20)19-7-4-12(5-8-19)21-9-1-6-18;/h2-3,10,12H,1,4-9,18H2;1H. The van der Waals surface area contributed by atoms with Gasteiger partial charge < -0.3 is 15.4 Å². The van der Waals surface area contributed by atoms with E-state index in [-0.39, 0.29) is 24.4 Å². The van der Waals surface area contributed by atoms with Crippen LogP contribution in [0.5, 0.6) is 0 Å². The first-order valence-corrected chi connectivity index (χ1v) is 8.35. The van der Waals surface area contributed by atoms with Crippen molar-refractivity contribution >= 4 is 45.8 Å². The number of rotatable bonds is 5. The van der Waals surface area contributed by atoms with Gasteiger partial charge in [0.1, 0.15) is 0 Å². The molecule has 0 unspecified atom stereocenters. The predicted octanol–water partition coefficient (Wildman–Crippen LogP) is 3.49. The van der Waals surface area contributed by atoms with E-state index in [0.29, 0.717) is 36.8 Å². The van der Waals surface area contributed by atoms with E-state index in [1.807, 2.05) is 11.0 Å². The summed E-state index contributed by atoms with van der Waals surface area (Å²) in [6, 6.07) is 5.34. The Morgan fingerprint density at radius 1 is 1.41 bits per heavy atom. The molecule has 0 aromatic heterocycles. The van der Waals surface area contributed by atoms with Crippen LogP contribution in [0, 0.1) is 0 Å². The largest absolute Gasteiger partial charge is 0.378 e. The van der Waals surface area contributed by atoms with Crippen molar-refractivity contribution < 1.29 is 9.53 Å². The molecule has 2 rings (SSSR count). The molecule has 2 N–H and O–H groups in total. The maximum absolute atomic E-state index is 12.5. The predicted molar refractivity (Wildman–Crippen MR) is 94.9 cm³/mol. The smallest absolute Gasteiger partial charge is 0.255 e. The SMILES string of the molecule is Cl.NCCCOC1CCN(C(=O)c2cc(Br)ccc2Cl)CC1. The lowest BCUT2D eigenvalue weighted by atomic mass is 10.1. The minimum atomic E-state index is -0.0123. The Balaban J connectivity index is 0.00000242. The van der Waals surface area contributed by atoms with Gasteiger partial charge in [0.05, 0.1) is 16.7 Å². The van der Waals surface area contributed by atoms with E-state index < -0.39 is 0 Å². The molecule has 1 aliphatic heterocycles. The lowest BCUT2D eigenvalue weighted by Gasteiger charge is -2.32. The molecular formula is C15H21BrCl2N2O2. The second-order valence-corrected chi connectivity index (χ2v) is 6.45. The molecule has 1 amide bonds. The van der Waals surface area contributed by atoms with Crippen molar-refractivity contribution in [1.82, 2.24) is 4.90 Å². The number of ether oxygens (including phenoxy) is 1. The number of piperidine rings is 1. The highest BCUT2D eigenvalue weighted by Crippen LogP contribution is 2.24. The normalized spacial score (nSPS) is 15.5. The quantitative estimate of drug-likeness (QED) is 0.754. The zero-order valence-corrected chi connectivity index (χ0v) is 15.4. The van der Waals surface area contributed by atoms with Gasteiger partial charge in [-0.15, -0.1) is 12.4 Å². The number of carbonyl (C=O) groups excluding carboxylic acids is 1. The van der Waals surface area contributed by atoms with Crippen molar-refractivity contribution in [3.63, 3.8) is 0 Å². The van der Waals surface area contributed by atoms with Gasteiger partial charge in [-0.05, 0) is 44.0 Å². The summed E-state index contributed by atoms with van der Waals surface area (Å²) in [7, 11) is 0. The molecule has 4 nitrogen and oxygen atoms in total. The molecule has 0 radical (unpaired) electrons. The molecule has 1 fully saturated rings. The molecule has 7 heteroatoms. The first kappa shape index (κ1) is 19.7. The molecule has 0 spiro atoms. The minimum absolute atomic E-state index is 0. The number of amides is 1. The van der Waals surface area contributed by atoms with E-state index in [1.54, 1.807) is 12.1 Å². The van der Waals surface area contributed by atoms with E-state index >= 15 is 0 Å². The molecule has 22 heavy (non-hydrogen) atoms. The molecule has 0 bridgehead atoms. The number of halogens is 3. The topological polar surface area (TPSA) is 55.6 Å². The molecule has 1 saturated heterocycles. The van der Waals surface area contributed by atoms with Gasteiger partial charge in [0.25, 0.3) is 5.91 Å². The van der Waals surface area contributed by atoms with Crippen LogP contribution in [0.15, 0.2) is 22.7 Å². The van der Waals surface area contributed by atoms with Gasteiger partial charge in [0.15, 0.2) is 0 Å². The molecule has 1 aromatic rings. The highest BCUT2D eigenvalue weighted by Gasteiger charge is 2.25. The summed E-state index contributed by atoms with van der Waals surface area (Å²) in [4.78, 5) is 14.3. The summed E-state index contributed by atoms with van der Waals surface area (Å²) in [6.45, 7) is 2.76. The van der Waals surface area contributed by atoms with Gasteiger partial charge in [0.2, 0.25) is 0 Å². The Morgan fingerprint density at radius 2 is 2.09 bits per heavy atom. The zero-order valence-electron chi connectivity index (χ0n) is 12.3. The maximum atomic E-state index is 12.5. The number of carbonyl (C=O) groups is 1. The third-order valence-corrected chi connectivity index (χ3v) is 4.41. The number of benzene rings is 1. The van der Waals surface area contributed by atoms with Gasteiger partial charge in [0, 0.05) is 24.2 Å². The molecule has 1 heterocycles. The third-order valence-electron chi connectivity index (χ3n) is 3.59. The lowest BCUT2D eigenvalue weighted by molar-refractivity contribution is 0.00845. The van der Waals surface area contributed by atoms with Gasteiger partial charge >= 0.3 is 0 Å². The van der Waals surface area contributed by atoms with Crippen LogP contribution in [0.1, 0.15) is 29.6 Å². The van der Waals surface area contributed by atoms with E-state index in [0.717, 1.165) is 23.7 Å². The van der Waals surface area contributed by atoms with E-state index in [1.165, 1.54) is 0 Å². The Morgan fingerprint density at radius 3 is 2.73 bits per heavy atom. The van der Waals surface area contributed by atoms with Crippen molar-refractivity contribution in [2.24, 2.45) is 5.73 Å². The van der Waals surface area contributed by atoms with E-state index in [4.69, 9.17) is 22.1 Å². The van der Waals surface area contributed by atoms with Gasteiger partial charge in [-0.25, -0.2) is 0 Å². The Labute approximate surface area is 150 Å². The Kier molecular flexibility index (Phi) is 8.72. The van der Waals surface area contributed by atoms with Crippen molar-refractivity contribution in [3.8, 4) is 0 Å². The highest BCUT2D eigenvalue weighted by atomic mass is 79.9. The second kappa shape index (κ2) is 9.73. The lowest BCUT2D eigenvalue weighted by Crippen LogP contribution is -2.41. The van der Waals surface area contributed by atoms with Crippen LogP contribution in [0.25, 0.3) is 0 Å². The van der Waals surface area contributed by atoms with Crippen LogP contribution >= 0.6 is 39.9 Å². The summed E-state index contributed by atoms with van der Waals surface area (Å²) in [5, 5.41) is 0.490. The minimum Gasteiger partial charge on any atom is -0.378 e. The monoisotopic (exact) mass is 410 g/mol. The number of likely N-dealkylation sites (tertiary alicyclic amines) is 1. The molecule has 0 saturated carbocycles. The Hall–Kier alpha value is -0.330. The van der Waals surface area contributed by atoms with Gasteiger partial charge in [-0.2, -0.15) is 0 Å². The van der Waals surface area contributed by atoms with E-state index in [9.17, 15) is 4.79 Å². The van der Waals surface area contributed by atoms with Crippen LogP contribution in [0.2, 0.25) is 5.02 Å². The first-order valence-electron chi connectivity index (χ1n) is 7.18. The number of hydrogen-bond donors (Lipinski definition) is 1. The van der Waals surface area contributed by atoms with Crippen molar-refractivity contribution in [2.45, 2.75) is 25.4 Å². The summed E-state index contributed by atoms with van der Waals surface area (Å²) in [5.41, 5.74) is 6.00. The fourth-order valence-corrected chi connectivity index (χ4v) is 2.95. The Bertz CT molecular complexity index is 494. The summed E-state index contributed by atoms with van der Waals surface area (Å²) in [6.07, 6.45) is 2.84. The van der Waals surface area contributed by atoms with E-state index in [2.05, 4.69) is 15.9 Å². The number of nitrogens with zero attached hydrogens (tertiary/aromatic N) is 1. The summed E-state index contributed by atoms with van der Waals surface area (Å²) >= 11 is 9.49. The maximum Gasteiger partial charge on any atom is 0.255 e. The van der Waals surface area contributed by atoms with Gasteiger partial charge in [-0.3, -0.25) is 4.79 Å². The van der Waals surface area contributed by atoms with Crippen LogP contribution in [-0.4, -0.2) is 43.2 Å². The van der Waals surface area contributed by atoms with Gasteiger partial charge in [-0.1, -0.05) is 27.5 Å². The summed E-state index contributed by atoms with van der Waals surface area (Å²) < 4.78 is 6.61. The number of hydrogen-bond acceptors (Lipinski definition) is 3. The van der Waals surface area contributed by atoms with Crippen molar-refractivity contribution in [3.05, 3.63) is 33.3 Å². The molecular weight excluding hydrogens is 391 g/mol. The van der Waals surface area contributed by atoms with Crippen molar-refractivity contribution in [2.75, 3.05) is 26.2 Å². The molecule has 1 aromatic carbocycles. The van der Waals surface area contributed by atoms with Crippen LogP contribution in [0.4, 0.5) is 0 Å². The third kappa shape index (κ3) is 5.39. The fourth-order valence-electron chi connectivity index (χ4n) is 2.39. The molecule has 0 atom stereocenters. The highest BCUT2D eigenvalue weighted by molar-refractivity contribution is 9.10. The molecule has 1 aliphatic rings. The number of nitrogens with two attached hydrogens (primary N) is 1. The molecule has 124 valence electrons. The van der Waals surface area contributed by atoms with Crippen LogP contribution < -0.4 is 5.73 Å². The average molecular weight is 412 g/mol. The van der Waals surface area contributed by atoms with Crippen LogP contribution in [-0.2, 0) is 4.74 Å². The average Bonchev–Trinajstić information content (AvgIpc) is 2.50. The fraction of sp³-hybridized carbons (Fsp3) is 0.533. The molecule has 0 aliphatic carbocycles. The van der Waals surface area contributed by atoms with Crippen LogP contribution in [0.3, 0.4) is 0 Å². The van der Waals surface area contributed by atoms with Crippen molar-refractivity contribution in [1.29, 1.82) is 0 Å². The zero-order chi connectivity index (χ0) is 15.2.